The van der Waals surface area contributed by atoms with Crippen molar-refractivity contribution in [2.24, 2.45) is 4.99 Å². The maximum Gasteiger partial charge on any atom is 0.160 e. The molecule has 2 N–H and O–H groups in total. The van der Waals surface area contributed by atoms with Gasteiger partial charge in [0.2, 0.25) is 0 Å². The Kier molecular flexibility index (Phi) is 7.63. The van der Waals surface area contributed by atoms with Gasteiger partial charge in [0.1, 0.15) is 0 Å². The van der Waals surface area contributed by atoms with Gasteiger partial charge in [-0.3, -0.25) is 4.99 Å². The lowest BCUT2D eigenvalue weighted by molar-refractivity contribution is 0.115. The van der Waals surface area contributed by atoms with Crippen LogP contribution in [0.5, 0.6) is 0 Å². The predicted molar refractivity (Wildman–Crippen MR) is 92.3 cm³/mol. The van der Waals surface area contributed by atoms with E-state index >= 15 is 0 Å². The van der Waals surface area contributed by atoms with E-state index in [-0.39, 0.29) is 0 Å². The average Bonchev–Trinajstić information content (AvgIpc) is 3.04. The van der Waals surface area contributed by atoms with Gasteiger partial charge in [-0.25, -0.2) is 0 Å². The van der Waals surface area contributed by atoms with Crippen molar-refractivity contribution in [2.75, 3.05) is 37.9 Å². The molecular weight excluding hydrogens is 282 g/mol. The molecule has 1 aromatic rings. The van der Waals surface area contributed by atoms with E-state index in [0.29, 0.717) is 6.04 Å². The van der Waals surface area contributed by atoms with E-state index in [0.717, 1.165) is 43.6 Å². The molecule has 21 heavy (non-hydrogen) atoms. The van der Waals surface area contributed by atoms with E-state index in [1.165, 1.54) is 12.8 Å². The van der Waals surface area contributed by atoms with Gasteiger partial charge in [-0.2, -0.15) is 0 Å². The summed E-state index contributed by atoms with van der Waals surface area (Å²) in [7, 11) is 0. The molecular formula is C16H25N3OS. The smallest absolute Gasteiger partial charge is 0.160 e. The molecule has 1 heterocycles. The van der Waals surface area contributed by atoms with Crippen LogP contribution in [0.2, 0.25) is 0 Å². The maximum atomic E-state index is 5.69. The van der Waals surface area contributed by atoms with Crippen LogP contribution in [0, 0.1) is 0 Å². The van der Waals surface area contributed by atoms with Gasteiger partial charge in [0.25, 0.3) is 0 Å². The van der Waals surface area contributed by atoms with Crippen LogP contribution >= 0.6 is 11.8 Å². The maximum absolute atomic E-state index is 5.69. The Morgan fingerprint density at radius 2 is 2.29 bits per heavy atom. The van der Waals surface area contributed by atoms with Crippen molar-refractivity contribution in [3.05, 3.63) is 30.3 Å². The highest BCUT2D eigenvalue weighted by Crippen LogP contribution is 2.09. The van der Waals surface area contributed by atoms with Gasteiger partial charge in [-0.15, -0.1) is 0 Å². The van der Waals surface area contributed by atoms with Crippen LogP contribution in [-0.4, -0.2) is 43.8 Å². The van der Waals surface area contributed by atoms with Gasteiger partial charge in [0.15, 0.2) is 5.17 Å². The lowest BCUT2D eigenvalue weighted by atomic mass is 10.2. The summed E-state index contributed by atoms with van der Waals surface area (Å²) in [6.45, 7) is 3.56. The summed E-state index contributed by atoms with van der Waals surface area (Å²) in [5.41, 5.74) is 1.08. The Morgan fingerprint density at radius 3 is 3.00 bits per heavy atom. The molecule has 116 valence electrons. The number of ether oxygens (including phenoxy) is 1. The largest absolute Gasteiger partial charge is 0.380 e. The van der Waals surface area contributed by atoms with Crippen molar-refractivity contribution < 1.29 is 4.74 Å². The lowest BCUT2D eigenvalue weighted by Crippen LogP contribution is -2.26. The van der Waals surface area contributed by atoms with Crippen molar-refractivity contribution in [1.29, 1.82) is 0 Å². The Labute approximate surface area is 131 Å². The number of aliphatic imine (C=N–C) groups is 1. The number of amidine groups is 1. The van der Waals surface area contributed by atoms with Gasteiger partial charge in [-0.05, 0) is 44.2 Å². The van der Waals surface area contributed by atoms with Crippen LogP contribution in [0.3, 0.4) is 0 Å². The minimum atomic E-state index is 0.565. The molecule has 0 bridgehead atoms. The Balaban J connectivity index is 1.60. The second-order valence-corrected chi connectivity index (χ2v) is 5.90. The number of nitrogens with zero attached hydrogens (tertiary/aromatic N) is 1. The van der Waals surface area contributed by atoms with E-state index in [1.807, 2.05) is 36.6 Å². The first kappa shape index (κ1) is 16.3. The van der Waals surface area contributed by atoms with Crippen LogP contribution < -0.4 is 10.6 Å². The molecule has 4 nitrogen and oxygen atoms in total. The third-order valence-corrected chi connectivity index (χ3v) is 4.02. The van der Waals surface area contributed by atoms with E-state index in [4.69, 9.17) is 4.74 Å². The molecule has 1 aliphatic rings. The van der Waals surface area contributed by atoms with Crippen molar-refractivity contribution in [3.63, 3.8) is 0 Å². The highest BCUT2D eigenvalue weighted by Gasteiger charge is 2.13. The minimum absolute atomic E-state index is 0.565. The molecule has 1 aliphatic heterocycles. The summed E-state index contributed by atoms with van der Waals surface area (Å²) in [5.74, 6) is 0. The van der Waals surface area contributed by atoms with Crippen molar-refractivity contribution in [3.8, 4) is 0 Å². The normalized spacial score (nSPS) is 18.9. The van der Waals surface area contributed by atoms with Crippen molar-refractivity contribution in [2.45, 2.75) is 25.3 Å². The predicted octanol–water partition coefficient (Wildman–Crippen LogP) is 2.98. The monoisotopic (exact) mass is 307 g/mol. The quantitative estimate of drug-likeness (QED) is 0.462. The Bertz CT molecular complexity index is 419. The van der Waals surface area contributed by atoms with Gasteiger partial charge in [0, 0.05) is 24.9 Å². The fraction of sp³-hybridized carbons (Fsp3) is 0.562. The SMILES string of the molecule is CSC(=NCCCOC[C@@H]1CCCN1)Nc1ccccc1. The first-order chi connectivity index (χ1) is 10.4. The van der Waals surface area contributed by atoms with E-state index in [1.54, 1.807) is 11.8 Å². The Morgan fingerprint density at radius 1 is 1.43 bits per heavy atom. The topological polar surface area (TPSA) is 45.6 Å². The number of hydrogen-bond acceptors (Lipinski definition) is 4. The van der Waals surface area contributed by atoms with Crippen LogP contribution in [0.25, 0.3) is 0 Å². The van der Waals surface area contributed by atoms with E-state index < -0.39 is 0 Å². The molecule has 0 amide bonds. The van der Waals surface area contributed by atoms with Gasteiger partial charge in [-0.1, -0.05) is 30.0 Å². The molecule has 1 saturated heterocycles. The number of nitrogens with one attached hydrogen (secondary N) is 2. The van der Waals surface area contributed by atoms with Crippen molar-refractivity contribution >= 4 is 22.6 Å². The highest BCUT2D eigenvalue weighted by atomic mass is 32.2. The molecule has 0 aromatic heterocycles. The Hall–Kier alpha value is -1.04. The van der Waals surface area contributed by atoms with Crippen LogP contribution in [0.15, 0.2) is 35.3 Å². The summed E-state index contributed by atoms with van der Waals surface area (Å²) < 4.78 is 5.69. The standard InChI is InChI=1S/C16H25N3OS/c1-21-16(19-14-7-3-2-4-8-14)18-11-6-12-20-13-15-9-5-10-17-15/h2-4,7-8,15,17H,5-6,9-13H2,1H3,(H,18,19)/t15-/m0/s1. The molecule has 0 radical (unpaired) electrons. The van der Waals surface area contributed by atoms with Crippen molar-refractivity contribution in [1.82, 2.24) is 5.32 Å². The minimum Gasteiger partial charge on any atom is -0.380 e. The van der Waals surface area contributed by atoms with Gasteiger partial charge in [0.05, 0.1) is 6.61 Å². The summed E-state index contributed by atoms with van der Waals surface area (Å²) in [5, 5.41) is 7.72. The molecule has 0 aliphatic carbocycles. The highest BCUT2D eigenvalue weighted by molar-refractivity contribution is 8.13. The van der Waals surface area contributed by atoms with Gasteiger partial charge >= 0.3 is 0 Å². The second kappa shape index (κ2) is 9.82. The van der Waals surface area contributed by atoms with E-state index in [9.17, 15) is 0 Å². The number of thioether (sulfide) groups is 1. The molecule has 0 unspecified atom stereocenters. The molecule has 1 aromatic carbocycles. The lowest BCUT2D eigenvalue weighted by Gasteiger charge is -2.10. The molecule has 1 fully saturated rings. The average molecular weight is 307 g/mol. The number of para-hydroxylation sites is 1. The summed E-state index contributed by atoms with van der Waals surface area (Å²) in [6, 6.07) is 10.7. The van der Waals surface area contributed by atoms with E-state index in [2.05, 4.69) is 15.6 Å². The summed E-state index contributed by atoms with van der Waals surface area (Å²) in [6.07, 6.45) is 5.53. The molecule has 0 spiro atoms. The zero-order chi connectivity index (χ0) is 14.8. The third-order valence-electron chi connectivity index (χ3n) is 3.40. The molecule has 5 heteroatoms. The second-order valence-electron chi connectivity index (χ2n) is 5.10. The number of benzene rings is 1. The summed E-state index contributed by atoms with van der Waals surface area (Å²) in [4.78, 5) is 4.58. The van der Waals surface area contributed by atoms with Crippen LogP contribution in [-0.2, 0) is 4.74 Å². The molecule has 1 atom stereocenters. The fourth-order valence-electron chi connectivity index (χ4n) is 2.27. The first-order valence-corrected chi connectivity index (χ1v) is 8.82. The fourth-order valence-corrected chi connectivity index (χ4v) is 2.71. The van der Waals surface area contributed by atoms with Crippen LogP contribution in [0.1, 0.15) is 19.3 Å². The number of rotatable bonds is 7. The summed E-state index contributed by atoms with van der Waals surface area (Å²) >= 11 is 1.64. The number of hydrogen-bond donors (Lipinski definition) is 2. The zero-order valence-electron chi connectivity index (χ0n) is 12.7. The third kappa shape index (κ3) is 6.50. The molecule has 0 saturated carbocycles. The number of anilines is 1. The zero-order valence-corrected chi connectivity index (χ0v) is 13.5. The molecule has 2 rings (SSSR count). The van der Waals surface area contributed by atoms with Crippen LogP contribution in [0.4, 0.5) is 5.69 Å². The van der Waals surface area contributed by atoms with Gasteiger partial charge < -0.3 is 15.4 Å². The first-order valence-electron chi connectivity index (χ1n) is 7.60.